The molecule has 0 N–H and O–H groups in total. The van der Waals surface area contributed by atoms with Crippen LogP contribution >= 0.6 is 15.9 Å². The standard InChI is InChI=1S/C11H21BrO2S/c1-9(12)11(5-6-11)7-8-15(13,14)10(2,3)4/h9H,5-8H2,1-4H3. The van der Waals surface area contributed by atoms with E-state index in [0.29, 0.717) is 10.6 Å². The SMILES string of the molecule is CC(Br)C1(CCS(=O)(=O)C(C)(C)C)CC1. The van der Waals surface area contributed by atoms with E-state index < -0.39 is 14.6 Å². The molecule has 1 fully saturated rings. The van der Waals surface area contributed by atoms with Gasteiger partial charge in [-0.1, -0.05) is 22.9 Å². The zero-order valence-electron chi connectivity index (χ0n) is 10.0. The van der Waals surface area contributed by atoms with E-state index in [-0.39, 0.29) is 5.41 Å². The molecular weight excluding hydrogens is 276 g/mol. The fourth-order valence-corrected chi connectivity index (χ4v) is 3.63. The summed E-state index contributed by atoms with van der Waals surface area (Å²) in [6, 6.07) is 0. The average molecular weight is 297 g/mol. The molecule has 0 heterocycles. The second-order valence-electron chi connectivity index (χ2n) is 5.66. The first-order valence-electron chi connectivity index (χ1n) is 5.47. The lowest BCUT2D eigenvalue weighted by Gasteiger charge is -2.23. The second-order valence-corrected chi connectivity index (χ2v) is 9.90. The highest BCUT2D eigenvalue weighted by Gasteiger charge is 2.47. The van der Waals surface area contributed by atoms with Crippen LogP contribution in [0.1, 0.15) is 47.0 Å². The molecule has 15 heavy (non-hydrogen) atoms. The summed E-state index contributed by atoms with van der Waals surface area (Å²) >= 11 is 3.58. The van der Waals surface area contributed by atoms with Crippen molar-refractivity contribution in [2.75, 3.05) is 5.75 Å². The maximum absolute atomic E-state index is 11.9. The lowest BCUT2D eigenvalue weighted by atomic mass is 10.0. The van der Waals surface area contributed by atoms with Gasteiger partial charge < -0.3 is 0 Å². The van der Waals surface area contributed by atoms with Gasteiger partial charge in [0.15, 0.2) is 9.84 Å². The van der Waals surface area contributed by atoms with E-state index in [1.54, 1.807) is 20.8 Å². The molecule has 1 saturated carbocycles. The van der Waals surface area contributed by atoms with Crippen molar-refractivity contribution in [3.05, 3.63) is 0 Å². The molecule has 1 unspecified atom stereocenters. The molecule has 1 rings (SSSR count). The van der Waals surface area contributed by atoms with Crippen molar-refractivity contribution in [3.63, 3.8) is 0 Å². The van der Waals surface area contributed by atoms with Gasteiger partial charge in [0, 0.05) is 4.83 Å². The van der Waals surface area contributed by atoms with E-state index in [9.17, 15) is 8.42 Å². The minimum absolute atomic E-state index is 0.262. The largest absolute Gasteiger partial charge is 0.228 e. The van der Waals surface area contributed by atoms with Gasteiger partial charge in [0.05, 0.1) is 10.5 Å². The highest BCUT2D eigenvalue weighted by molar-refractivity contribution is 9.09. The van der Waals surface area contributed by atoms with Crippen molar-refractivity contribution in [1.29, 1.82) is 0 Å². The number of alkyl halides is 1. The Morgan fingerprint density at radius 3 is 2.07 bits per heavy atom. The van der Waals surface area contributed by atoms with Gasteiger partial charge in [0.2, 0.25) is 0 Å². The molecule has 0 aliphatic heterocycles. The van der Waals surface area contributed by atoms with Crippen molar-refractivity contribution >= 4 is 25.8 Å². The van der Waals surface area contributed by atoms with Gasteiger partial charge in [-0.05, 0) is 45.4 Å². The van der Waals surface area contributed by atoms with E-state index in [2.05, 4.69) is 22.9 Å². The maximum Gasteiger partial charge on any atom is 0.155 e. The smallest absolute Gasteiger partial charge is 0.155 e. The predicted octanol–water partition coefficient (Wildman–Crippen LogP) is 3.15. The summed E-state index contributed by atoms with van der Waals surface area (Å²) in [7, 11) is -2.95. The molecule has 1 aliphatic carbocycles. The summed E-state index contributed by atoms with van der Waals surface area (Å²) in [5.41, 5.74) is 0.262. The summed E-state index contributed by atoms with van der Waals surface area (Å²) in [4.78, 5) is 0.431. The minimum Gasteiger partial charge on any atom is -0.228 e. The van der Waals surface area contributed by atoms with Crippen LogP contribution in [0.5, 0.6) is 0 Å². The highest BCUT2D eigenvalue weighted by atomic mass is 79.9. The van der Waals surface area contributed by atoms with Gasteiger partial charge >= 0.3 is 0 Å². The van der Waals surface area contributed by atoms with Crippen LogP contribution in [0.3, 0.4) is 0 Å². The summed E-state index contributed by atoms with van der Waals surface area (Å²) in [6.45, 7) is 7.45. The first kappa shape index (κ1) is 13.5. The van der Waals surface area contributed by atoms with Crippen LogP contribution in [0.25, 0.3) is 0 Å². The van der Waals surface area contributed by atoms with E-state index in [1.807, 2.05) is 0 Å². The molecule has 0 radical (unpaired) electrons. The van der Waals surface area contributed by atoms with Crippen LogP contribution in [0.4, 0.5) is 0 Å². The summed E-state index contributed by atoms with van der Waals surface area (Å²) < 4.78 is 23.3. The number of halogens is 1. The number of rotatable bonds is 4. The molecular formula is C11H21BrO2S. The summed E-state index contributed by atoms with van der Waals surface area (Å²) in [6.07, 6.45) is 3.14. The zero-order chi connectivity index (χ0) is 11.9. The third kappa shape index (κ3) is 2.96. The lowest BCUT2D eigenvalue weighted by Crippen LogP contribution is -2.32. The fourth-order valence-electron chi connectivity index (χ4n) is 1.65. The summed E-state index contributed by atoms with van der Waals surface area (Å²) in [5.74, 6) is 0.326. The Labute approximate surface area is 102 Å². The number of hydrogen-bond donors (Lipinski definition) is 0. The van der Waals surface area contributed by atoms with E-state index in [1.165, 1.54) is 12.8 Å². The number of hydrogen-bond acceptors (Lipinski definition) is 2. The molecule has 1 atom stereocenters. The van der Waals surface area contributed by atoms with Crippen LogP contribution in [0.2, 0.25) is 0 Å². The summed E-state index contributed by atoms with van der Waals surface area (Å²) in [5, 5.41) is 0. The Hall–Kier alpha value is 0.430. The third-order valence-electron chi connectivity index (χ3n) is 3.54. The van der Waals surface area contributed by atoms with Gasteiger partial charge in [0.1, 0.15) is 0 Å². The van der Waals surface area contributed by atoms with Crippen LogP contribution in [0.15, 0.2) is 0 Å². The highest BCUT2D eigenvalue weighted by Crippen LogP contribution is 2.54. The lowest BCUT2D eigenvalue weighted by molar-refractivity contribution is 0.482. The molecule has 0 aromatic carbocycles. The van der Waals surface area contributed by atoms with Crippen molar-refractivity contribution < 1.29 is 8.42 Å². The van der Waals surface area contributed by atoms with Crippen LogP contribution in [0, 0.1) is 5.41 Å². The zero-order valence-corrected chi connectivity index (χ0v) is 12.4. The number of sulfone groups is 1. The Balaban J connectivity index is 2.59. The first-order chi connectivity index (χ1) is 6.61. The monoisotopic (exact) mass is 296 g/mol. The quantitative estimate of drug-likeness (QED) is 0.747. The molecule has 0 saturated heterocycles. The molecule has 2 nitrogen and oxygen atoms in total. The van der Waals surface area contributed by atoms with Crippen LogP contribution in [-0.2, 0) is 9.84 Å². The Morgan fingerprint density at radius 1 is 1.33 bits per heavy atom. The van der Waals surface area contributed by atoms with E-state index in [4.69, 9.17) is 0 Å². The van der Waals surface area contributed by atoms with Crippen molar-refractivity contribution in [2.45, 2.75) is 56.5 Å². The maximum atomic E-state index is 11.9. The van der Waals surface area contributed by atoms with Gasteiger partial charge in [-0.25, -0.2) is 8.42 Å². The Kier molecular flexibility index (Phi) is 3.62. The van der Waals surface area contributed by atoms with E-state index in [0.717, 1.165) is 6.42 Å². The topological polar surface area (TPSA) is 34.1 Å². The van der Waals surface area contributed by atoms with Crippen LogP contribution in [-0.4, -0.2) is 23.7 Å². The molecule has 0 amide bonds. The third-order valence-corrected chi connectivity index (χ3v) is 7.12. The molecule has 4 heteroatoms. The molecule has 0 bridgehead atoms. The molecule has 0 aromatic rings. The molecule has 0 spiro atoms. The van der Waals surface area contributed by atoms with Gasteiger partial charge in [0.25, 0.3) is 0 Å². The van der Waals surface area contributed by atoms with Gasteiger partial charge in [-0.2, -0.15) is 0 Å². The predicted molar refractivity (Wildman–Crippen MR) is 68.2 cm³/mol. The van der Waals surface area contributed by atoms with Crippen LogP contribution < -0.4 is 0 Å². The second kappa shape index (κ2) is 4.02. The first-order valence-corrected chi connectivity index (χ1v) is 8.04. The fraction of sp³-hybridized carbons (Fsp3) is 1.00. The molecule has 1 aliphatic rings. The normalized spacial score (nSPS) is 22.5. The van der Waals surface area contributed by atoms with Crippen molar-refractivity contribution in [3.8, 4) is 0 Å². The van der Waals surface area contributed by atoms with Crippen molar-refractivity contribution in [1.82, 2.24) is 0 Å². The average Bonchev–Trinajstić information content (AvgIpc) is 2.79. The van der Waals surface area contributed by atoms with Gasteiger partial charge in [-0.3, -0.25) is 0 Å². The minimum atomic E-state index is -2.95. The Bertz CT molecular complexity index is 321. The molecule has 90 valence electrons. The van der Waals surface area contributed by atoms with E-state index >= 15 is 0 Å². The Morgan fingerprint density at radius 2 is 1.80 bits per heavy atom. The van der Waals surface area contributed by atoms with Crippen molar-refractivity contribution in [2.24, 2.45) is 5.41 Å². The van der Waals surface area contributed by atoms with Gasteiger partial charge in [-0.15, -0.1) is 0 Å². The molecule has 0 aromatic heterocycles.